The van der Waals surface area contributed by atoms with Crippen molar-refractivity contribution < 1.29 is 18.0 Å². The molecule has 9 heteroatoms. The van der Waals surface area contributed by atoms with E-state index >= 15 is 0 Å². The first-order valence-electron chi connectivity index (χ1n) is 11.2. The van der Waals surface area contributed by atoms with Gasteiger partial charge in [0.25, 0.3) is 11.5 Å². The number of halogens is 3. The van der Waals surface area contributed by atoms with Crippen molar-refractivity contribution in [2.75, 3.05) is 7.05 Å². The maximum Gasteiger partial charge on any atom is 0.417 e. The van der Waals surface area contributed by atoms with Crippen LogP contribution in [0.3, 0.4) is 0 Å². The van der Waals surface area contributed by atoms with Gasteiger partial charge < -0.3 is 15.7 Å². The molecule has 35 heavy (non-hydrogen) atoms. The number of amides is 1. The van der Waals surface area contributed by atoms with E-state index < -0.39 is 17.3 Å². The van der Waals surface area contributed by atoms with Crippen molar-refractivity contribution in [2.24, 2.45) is 0 Å². The van der Waals surface area contributed by atoms with Crippen LogP contribution < -0.4 is 26.9 Å². The lowest BCUT2D eigenvalue weighted by Crippen LogP contribution is -2.48. The topological polar surface area (TPSA) is 77.2 Å². The van der Waals surface area contributed by atoms with E-state index in [-0.39, 0.29) is 28.6 Å². The highest BCUT2D eigenvalue weighted by atomic mass is 19.4. The Morgan fingerprint density at radius 1 is 1.06 bits per heavy atom. The average Bonchev–Trinajstić information content (AvgIpc) is 3.62. The summed E-state index contributed by atoms with van der Waals surface area (Å²) in [6, 6.07) is 12.3. The smallest absolute Gasteiger partial charge is 0.349 e. The number of carbonyl (C=O) groups excluding carboxylic acids is 1. The second kappa shape index (κ2) is 8.33. The largest absolute Gasteiger partial charge is 0.417 e. The maximum atomic E-state index is 13.7. The normalized spacial score (nSPS) is 15.2. The molecule has 1 aliphatic heterocycles. The Labute approximate surface area is 198 Å². The predicted molar refractivity (Wildman–Crippen MR) is 126 cm³/mol. The summed E-state index contributed by atoms with van der Waals surface area (Å²) in [5, 5.41) is 5.18. The second-order valence-corrected chi connectivity index (χ2v) is 8.84. The highest BCUT2D eigenvalue weighted by Gasteiger charge is 2.35. The Morgan fingerprint density at radius 2 is 1.80 bits per heavy atom. The lowest BCUT2D eigenvalue weighted by molar-refractivity contribution is -0.137. The molecule has 3 N–H and O–H groups in total. The van der Waals surface area contributed by atoms with Gasteiger partial charge in [-0.25, -0.2) is 0 Å². The zero-order chi connectivity index (χ0) is 24.9. The number of hydrogen-bond donors (Lipinski definition) is 3. The first-order valence-corrected chi connectivity index (χ1v) is 11.2. The van der Waals surface area contributed by atoms with Crippen LogP contribution in [0.15, 0.2) is 53.3 Å². The summed E-state index contributed by atoms with van der Waals surface area (Å²) in [7, 11) is 1.58. The van der Waals surface area contributed by atoms with E-state index in [1.54, 1.807) is 37.5 Å². The van der Waals surface area contributed by atoms with E-state index in [1.165, 1.54) is 23.2 Å². The quantitative estimate of drug-likeness (QED) is 0.537. The minimum Gasteiger partial charge on any atom is -0.349 e. The van der Waals surface area contributed by atoms with Crippen molar-refractivity contribution in [3.63, 3.8) is 0 Å². The number of fused-ring (bicyclic) bond motifs is 1. The first kappa shape index (κ1) is 22.8. The second-order valence-electron chi connectivity index (χ2n) is 8.84. The molecule has 2 aliphatic rings. The number of hydrogen-bond acceptors (Lipinski definition) is 4. The third kappa shape index (κ3) is 4.29. The summed E-state index contributed by atoms with van der Waals surface area (Å²) < 4.78 is 41.2. The van der Waals surface area contributed by atoms with Crippen molar-refractivity contribution in [3.8, 4) is 11.1 Å². The van der Waals surface area contributed by atoms with Crippen LogP contribution in [0, 0.1) is 6.92 Å². The fourth-order valence-electron chi connectivity index (χ4n) is 4.26. The Bertz CT molecular complexity index is 1520. The van der Waals surface area contributed by atoms with Crippen LogP contribution in [0.1, 0.15) is 39.9 Å². The van der Waals surface area contributed by atoms with Crippen LogP contribution in [0.5, 0.6) is 0 Å². The Kier molecular flexibility index (Phi) is 5.42. The van der Waals surface area contributed by atoms with Crippen molar-refractivity contribution >= 4 is 17.8 Å². The number of hydrazine groups is 1. The Balaban J connectivity index is 1.69. The zero-order valence-corrected chi connectivity index (χ0v) is 19.1. The molecule has 6 nitrogen and oxygen atoms in total. The molecule has 2 heterocycles. The zero-order valence-electron chi connectivity index (χ0n) is 19.1. The predicted octanol–water partition coefficient (Wildman–Crippen LogP) is 2.61. The van der Waals surface area contributed by atoms with Gasteiger partial charge in [-0.15, -0.1) is 0 Å². The van der Waals surface area contributed by atoms with Gasteiger partial charge in [0.05, 0.1) is 16.6 Å². The summed E-state index contributed by atoms with van der Waals surface area (Å²) in [5.74, 6) is -0.197. The SMILES string of the molecule is Cc1ccc(C(=O)NC2CC2)cc1-c1cc2c([nH]c1=O)=C(c1ccccc1C(F)(F)F)N(C)NC=2. The summed E-state index contributed by atoms with van der Waals surface area (Å²) in [5.41, 5.74) is 4.00. The molecule has 1 aliphatic carbocycles. The fourth-order valence-corrected chi connectivity index (χ4v) is 4.26. The van der Waals surface area contributed by atoms with Gasteiger partial charge >= 0.3 is 6.18 Å². The Hall–Kier alpha value is -4.01. The molecule has 180 valence electrons. The molecule has 0 bridgehead atoms. The van der Waals surface area contributed by atoms with Gasteiger partial charge in [0.15, 0.2) is 0 Å². The third-order valence-electron chi connectivity index (χ3n) is 6.25. The van der Waals surface area contributed by atoms with Gasteiger partial charge in [0.1, 0.15) is 0 Å². The molecule has 1 saturated carbocycles. The third-order valence-corrected chi connectivity index (χ3v) is 6.25. The van der Waals surface area contributed by atoms with Gasteiger partial charge in [0.2, 0.25) is 0 Å². The molecule has 2 aromatic carbocycles. The molecule has 0 radical (unpaired) electrons. The van der Waals surface area contributed by atoms with E-state index in [2.05, 4.69) is 15.7 Å². The molecular formula is C26H23F3N4O2. The summed E-state index contributed by atoms with van der Waals surface area (Å²) in [4.78, 5) is 28.6. The molecular weight excluding hydrogens is 457 g/mol. The summed E-state index contributed by atoms with van der Waals surface area (Å²) in [6.45, 7) is 1.84. The number of H-pyrrole nitrogens is 1. The van der Waals surface area contributed by atoms with Gasteiger partial charge in [-0.2, -0.15) is 13.2 Å². The molecule has 3 aromatic rings. The Morgan fingerprint density at radius 3 is 2.51 bits per heavy atom. The van der Waals surface area contributed by atoms with Crippen molar-refractivity contribution in [2.45, 2.75) is 32.0 Å². The van der Waals surface area contributed by atoms with Crippen LogP contribution in [0.2, 0.25) is 0 Å². The van der Waals surface area contributed by atoms with E-state index in [0.717, 1.165) is 24.5 Å². The molecule has 1 fully saturated rings. The maximum absolute atomic E-state index is 13.7. The number of nitrogens with zero attached hydrogens (tertiary/aromatic N) is 1. The van der Waals surface area contributed by atoms with Crippen molar-refractivity contribution in [1.82, 2.24) is 20.7 Å². The van der Waals surface area contributed by atoms with Crippen LogP contribution in [-0.2, 0) is 6.18 Å². The van der Waals surface area contributed by atoms with E-state index in [0.29, 0.717) is 21.9 Å². The minimum absolute atomic E-state index is 0.0531. The molecule has 0 atom stereocenters. The minimum atomic E-state index is -4.56. The van der Waals surface area contributed by atoms with Gasteiger partial charge in [-0.05, 0) is 55.2 Å². The highest BCUT2D eigenvalue weighted by Crippen LogP contribution is 2.34. The molecule has 1 amide bonds. The van der Waals surface area contributed by atoms with Gasteiger partial charge in [-0.1, -0.05) is 24.3 Å². The molecule has 5 rings (SSSR count). The number of pyridine rings is 1. The highest BCUT2D eigenvalue weighted by molar-refractivity contribution is 5.96. The van der Waals surface area contributed by atoms with Crippen molar-refractivity contribution in [1.29, 1.82) is 0 Å². The number of aromatic amines is 1. The average molecular weight is 480 g/mol. The van der Waals surface area contributed by atoms with E-state index in [4.69, 9.17) is 0 Å². The van der Waals surface area contributed by atoms with Crippen LogP contribution in [0.4, 0.5) is 13.2 Å². The number of aryl methyl sites for hydroxylation is 1. The number of rotatable bonds is 4. The fraction of sp³-hybridized carbons (Fsp3) is 0.231. The summed E-state index contributed by atoms with van der Waals surface area (Å²) >= 11 is 0. The van der Waals surface area contributed by atoms with Crippen LogP contribution in [0.25, 0.3) is 23.0 Å². The van der Waals surface area contributed by atoms with Crippen LogP contribution in [-0.4, -0.2) is 29.0 Å². The molecule has 0 unspecified atom stereocenters. The number of aromatic nitrogens is 1. The lowest BCUT2D eigenvalue weighted by Gasteiger charge is -2.27. The van der Waals surface area contributed by atoms with Gasteiger partial charge in [0, 0.05) is 41.2 Å². The van der Waals surface area contributed by atoms with Gasteiger partial charge in [-0.3, -0.25) is 14.6 Å². The van der Waals surface area contributed by atoms with E-state index in [1.807, 2.05) is 6.92 Å². The van der Waals surface area contributed by atoms with E-state index in [9.17, 15) is 22.8 Å². The number of alkyl halides is 3. The lowest BCUT2D eigenvalue weighted by atomic mass is 9.97. The summed E-state index contributed by atoms with van der Waals surface area (Å²) in [6.07, 6.45) is -1.02. The number of benzene rings is 2. The van der Waals surface area contributed by atoms with Crippen molar-refractivity contribution in [3.05, 3.63) is 91.7 Å². The first-order chi connectivity index (χ1) is 16.6. The monoisotopic (exact) mass is 480 g/mol. The van der Waals surface area contributed by atoms with Crippen LogP contribution >= 0.6 is 0 Å². The number of nitrogens with one attached hydrogen (secondary N) is 3. The standard InChI is InChI=1S/C26H23F3N4O2/c1-14-7-8-15(24(34)31-17-9-10-17)11-19(14)20-12-16-13-30-33(2)23(22(16)32-25(20)35)18-5-3-4-6-21(18)26(27,28)29/h3-8,11-13,17,30H,9-10H2,1-2H3,(H,31,34)(H,32,35). The molecule has 1 aromatic heterocycles. The molecule has 0 saturated heterocycles. The molecule has 0 spiro atoms. The number of carbonyl (C=O) groups is 1.